The fraction of sp³-hybridized carbons (Fsp3) is 0.324. The molecule has 4 heterocycles. The molecule has 3 aliphatic rings. The predicted molar refractivity (Wildman–Crippen MR) is 191 cm³/mol. The highest BCUT2D eigenvalue weighted by Crippen LogP contribution is 2.41. The summed E-state index contributed by atoms with van der Waals surface area (Å²) in [6.45, 7) is 4.78. The van der Waals surface area contributed by atoms with Crippen LogP contribution in [0.15, 0.2) is 58.9 Å². The van der Waals surface area contributed by atoms with Gasteiger partial charge in [0.05, 0.1) is 13.6 Å². The molecule has 272 valence electrons. The van der Waals surface area contributed by atoms with Crippen molar-refractivity contribution in [2.24, 2.45) is 5.16 Å². The summed E-state index contributed by atoms with van der Waals surface area (Å²) in [5.74, 6) is -4.45. The molecule has 0 aliphatic carbocycles. The number of anilines is 1. The van der Waals surface area contributed by atoms with E-state index in [0.29, 0.717) is 12.1 Å². The number of nitrogen functional groups attached to an aromatic ring is 1. The molecule has 3 atom stereocenters. The van der Waals surface area contributed by atoms with E-state index in [-0.39, 0.29) is 33.9 Å². The number of quaternary nitrogens is 1. The second-order valence-electron chi connectivity index (χ2n) is 13.4. The number of amides is 2. The molecule has 18 heteroatoms. The molecule has 0 radical (unpaired) electrons. The lowest BCUT2D eigenvalue weighted by atomic mass is 9.96. The van der Waals surface area contributed by atoms with Crippen LogP contribution in [0.3, 0.4) is 0 Å². The van der Waals surface area contributed by atoms with Gasteiger partial charge in [-0.15, -0.1) is 11.8 Å². The van der Waals surface area contributed by atoms with Crippen molar-refractivity contribution in [1.29, 1.82) is 0 Å². The third-order valence-corrected chi connectivity index (χ3v) is 10.9. The summed E-state index contributed by atoms with van der Waals surface area (Å²) in [5.41, 5.74) is 7.56. The van der Waals surface area contributed by atoms with Crippen LogP contribution in [0.1, 0.15) is 41.9 Å². The number of carbonyl (C=O) groups is 4. The number of benzene rings is 2. The van der Waals surface area contributed by atoms with Crippen molar-refractivity contribution in [3.63, 3.8) is 0 Å². The number of nitrogens with one attached hydrogen (secondary N) is 1. The second kappa shape index (κ2) is 13.9. The maximum atomic E-state index is 13.3. The number of rotatable bonds is 11. The Hall–Kier alpha value is -5.46. The van der Waals surface area contributed by atoms with Gasteiger partial charge in [-0.05, 0) is 42.7 Å². The van der Waals surface area contributed by atoms with E-state index in [1.54, 1.807) is 24.3 Å². The normalized spacial score (nSPS) is 21.7. The number of β-lactam (4-membered cyclic amide) rings is 1. The minimum absolute atomic E-state index is 0.0136. The molecule has 2 amide bonds. The molecule has 16 nitrogen and oxygen atoms in total. The van der Waals surface area contributed by atoms with Crippen LogP contribution in [-0.4, -0.2) is 105 Å². The number of hydrogen-bond acceptors (Lipinski definition) is 13. The van der Waals surface area contributed by atoms with Gasteiger partial charge in [-0.2, -0.15) is 9.36 Å². The first-order chi connectivity index (χ1) is 24.5. The first-order valence-corrected chi connectivity index (χ1v) is 17.8. The molecule has 52 heavy (non-hydrogen) atoms. The molecule has 6 rings (SSSR count). The molecule has 7 N–H and O–H groups in total. The lowest BCUT2D eigenvalue weighted by Gasteiger charge is -2.49. The van der Waals surface area contributed by atoms with Crippen LogP contribution in [0, 0.1) is 0 Å². The fourth-order valence-electron chi connectivity index (χ4n) is 6.13. The number of fused-ring (bicyclic) bond motifs is 2. The van der Waals surface area contributed by atoms with Gasteiger partial charge in [0, 0.05) is 34.8 Å². The Morgan fingerprint density at radius 2 is 1.83 bits per heavy atom. The Kier molecular flexibility index (Phi) is 9.73. The fourth-order valence-corrected chi connectivity index (χ4v) is 7.88. The number of carboxylic acids is 2. The Labute approximate surface area is 305 Å². The Morgan fingerprint density at radius 3 is 2.46 bits per heavy atom. The summed E-state index contributed by atoms with van der Waals surface area (Å²) in [6, 6.07) is 10.0. The Balaban J connectivity index is 1.13. The van der Waals surface area contributed by atoms with Crippen LogP contribution in [0.5, 0.6) is 11.5 Å². The molecule has 0 spiro atoms. The van der Waals surface area contributed by atoms with E-state index in [2.05, 4.69) is 26.9 Å². The van der Waals surface area contributed by atoms with E-state index < -0.39 is 46.5 Å². The van der Waals surface area contributed by atoms with E-state index >= 15 is 0 Å². The molecular weight excluding hydrogens is 715 g/mol. The van der Waals surface area contributed by atoms with Crippen molar-refractivity contribution in [1.82, 2.24) is 19.6 Å². The summed E-state index contributed by atoms with van der Waals surface area (Å²) >= 11 is 2.04. The molecule has 3 aromatic rings. The Bertz CT molecular complexity index is 2060. The summed E-state index contributed by atoms with van der Waals surface area (Å²) in [5, 5.41) is 44.8. The molecule has 3 aliphatic heterocycles. The molecule has 1 fully saturated rings. The predicted octanol–water partition coefficient (Wildman–Crippen LogP) is 2.27. The summed E-state index contributed by atoms with van der Waals surface area (Å²) in [4.78, 5) is 60.7. The molecular formula is C34H36N7O9S2+. The topological polar surface area (TPSA) is 238 Å². The number of aromatic nitrogens is 2. The number of aromatic hydroxyl groups is 2. The average Bonchev–Trinajstić information content (AvgIpc) is 3.52. The molecule has 1 aromatic heterocycles. The van der Waals surface area contributed by atoms with Gasteiger partial charge in [-0.3, -0.25) is 14.5 Å². The maximum Gasteiger partial charge on any atom is 0.352 e. The lowest BCUT2D eigenvalue weighted by Crippen LogP contribution is -2.71. The van der Waals surface area contributed by atoms with Crippen LogP contribution in [0.25, 0.3) is 6.08 Å². The van der Waals surface area contributed by atoms with E-state index in [1.165, 1.54) is 25.6 Å². The monoisotopic (exact) mass is 750 g/mol. The van der Waals surface area contributed by atoms with Gasteiger partial charge in [0.1, 0.15) is 30.2 Å². The van der Waals surface area contributed by atoms with Crippen molar-refractivity contribution >= 4 is 64.0 Å². The van der Waals surface area contributed by atoms with Crippen LogP contribution in [0.2, 0.25) is 0 Å². The van der Waals surface area contributed by atoms with E-state index in [0.717, 1.165) is 62.7 Å². The first-order valence-electron chi connectivity index (χ1n) is 16.0. The molecule has 2 aromatic carbocycles. The number of oxime groups is 1. The standard InChI is InChI=1S/C34H35N7O9S2/c1-34(2,32(48)49)50-38-24(27-37-33(35)52-39-27)28(44)36-25-29(45)40-26(31(46)47)20(16-51-30(25)40)9-8-17-4-6-18(7-5-17)14-41(3)11-10-19-12-22(42)23(43)13-21(19)15-41/h4-9,12-13,25,30H,10-11,14-16H2,1-3H3,(H6-,35,36,37,38,39,42,43,44,46,47,48,49)/p+1/b9-8-/t25-,30-,41?/m1/s1. The summed E-state index contributed by atoms with van der Waals surface area (Å²) in [7, 11) is 2.15. The molecule has 0 saturated carbocycles. The smallest absolute Gasteiger partial charge is 0.352 e. The van der Waals surface area contributed by atoms with Crippen LogP contribution < -0.4 is 11.1 Å². The number of phenolic OH excluding ortho intramolecular Hbond substituents is 2. The van der Waals surface area contributed by atoms with Gasteiger partial charge in [0.25, 0.3) is 11.8 Å². The summed E-state index contributed by atoms with van der Waals surface area (Å²) in [6.07, 6.45) is 4.23. The number of phenols is 2. The van der Waals surface area contributed by atoms with Gasteiger partial charge in [0.2, 0.25) is 17.1 Å². The van der Waals surface area contributed by atoms with E-state index in [1.807, 2.05) is 24.3 Å². The van der Waals surface area contributed by atoms with Gasteiger partial charge >= 0.3 is 11.9 Å². The van der Waals surface area contributed by atoms with Crippen molar-refractivity contribution in [2.45, 2.75) is 50.4 Å². The number of nitrogens with two attached hydrogens (primary N) is 1. The highest BCUT2D eigenvalue weighted by Gasteiger charge is 2.54. The van der Waals surface area contributed by atoms with Gasteiger partial charge in [0.15, 0.2) is 16.6 Å². The average molecular weight is 751 g/mol. The SMILES string of the molecule is CC(C)(O/N=C(\C(=O)N[C@@H]1C(=O)N2C(C(=O)O)=C(/C=C\c3ccc(C[N+]4(C)CCc5cc(O)c(O)cc5C4)cc3)CS[C@H]12)c1nsc(N)n1)C(=O)O. The van der Waals surface area contributed by atoms with Crippen molar-refractivity contribution in [3.05, 3.63) is 81.8 Å². The highest BCUT2D eigenvalue weighted by molar-refractivity contribution is 8.00. The highest BCUT2D eigenvalue weighted by atomic mass is 32.2. The van der Waals surface area contributed by atoms with Gasteiger partial charge in [-0.25, -0.2) is 9.59 Å². The van der Waals surface area contributed by atoms with E-state index in [4.69, 9.17) is 10.6 Å². The minimum atomic E-state index is -1.80. The maximum absolute atomic E-state index is 13.3. The number of aliphatic carboxylic acids is 2. The van der Waals surface area contributed by atoms with E-state index in [9.17, 15) is 39.6 Å². The number of nitrogens with zero attached hydrogens (tertiary/aromatic N) is 5. The van der Waals surface area contributed by atoms with Crippen molar-refractivity contribution < 1.29 is 48.9 Å². The number of likely N-dealkylation sites (N-methyl/N-ethyl adjacent to an activating group) is 1. The van der Waals surface area contributed by atoms with Crippen molar-refractivity contribution in [3.8, 4) is 11.5 Å². The second-order valence-corrected chi connectivity index (χ2v) is 15.3. The minimum Gasteiger partial charge on any atom is -0.504 e. The zero-order chi connectivity index (χ0) is 37.5. The first kappa shape index (κ1) is 36.3. The van der Waals surface area contributed by atoms with Crippen molar-refractivity contribution in [2.75, 3.05) is 25.1 Å². The third kappa shape index (κ3) is 7.30. The Morgan fingerprint density at radius 1 is 1.13 bits per heavy atom. The number of thioether (sulfide) groups is 1. The number of carbonyl (C=O) groups excluding carboxylic acids is 2. The molecule has 1 unspecified atom stereocenters. The number of allylic oxidation sites excluding steroid dienone is 1. The zero-order valence-electron chi connectivity index (χ0n) is 28.3. The zero-order valence-corrected chi connectivity index (χ0v) is 29.9. The van der Waals surface area contributed by atoms with Crippen LogP contribution >= 0.6 is 23.3 Å². The number of hydrogen-bond donors (Lipinski definition) is 6. The van der Waals surface area contributed by atoms with Gasteiger partial charge < -0.3 is 40.8 Å². The largest absolute Gasteiger partial charge is 0.504 e. The lowest BCUT2D eigenvalue weighted by molar-refractivity contribution is -0.937. The molecule has 0 bridgehead atoms. The third-order valence-electron chi connectivity index (χ3n) is 9.03. The van der Waals surface area contributed by atoms with Gasteiger partial charge in [-0.1, -0.05) is 41.6 Å². The van der Waals surface area contributed by atoms with Crippen LogP contribution in [0.4, 0.5) is 5.13 Å². The quantitative estimate of drug-likeness (QED) is 0.0543. The summed E-state index contributed by atoms with van der Waals surface area (Å²) < 4.78 is 4.68. The molecule has 1 saturated heterocycles. The number of carboxylic acid groups (broad SMARTS) is 2. The van der Waals surface area contributed by atoms with Crippen LogP contribution in [-0.2, 0) is 43.5 Å².